The number of nitrogens with one attached hydrogen (secondary N) is 1. The third-order valence-electron chi connectivity index (χ3n) is 3.45. The molecule has 1 aliphatic rings. The molecule has 0 radical (unpaired) electrons. The summed E-state index contributed by atoms with van der Waals surface area (Å²) in [7, 11) is 0. The normalized spacial score (nSPS) is 12.5. The molecule has 0 saturated carbocycles. The van der Waals surface area contributed by atoms with Crippen molar-refractivity contribution in [3.63, 3.8) is 0 Å². The lowest BCUT2D eigenvalue weighted by atomic mass is 10.2. The highest BCUT2D eigenvalue weighted by molar-refractivity contribution is 6.32. The zero-order chi connectivity index (χ0) is 15.2. The number of benzene rings is 1. The molecule has 0 atom stereocenters. The van der Waals surface area contributed by atoms with Crippen LogP contribution in [-0.2, 0) is 11.3 Å². The lowest BCUT2D eigenvalue weighted by Gasteiger charge is -2.18. The fraction of sp³-hybridized carbons (Fsp3) is 0.533. The standard InChI is InChI=1S/C15H21ClN2O3/c1-3-18(4-2)14(19)5-6-17-9-11-7-12(16)15-13(8-11)20-10-21-15/h7-8,17H,3-6,9-10H2,1-2H3. The van der Waals surface area contributed by atoms with Gasteiger partial charge in [-0.25, -0.2) is 0 Å². The maximum Gasteiger partial charge on any atom is 0.231 e. The van der Waals surface area contributed by atoms with Crippen LogP contribution >= 0.6 is 11.6 Å². The highest BCUT2D eigenvalue weighted by Gasteiger charge is 2.18. The van der Waals surface area contributed by atoms with Crippen LogP contribution in [0.4, 0.5) is 0 Å². The van der Waals surface area contributed by atoms with E-state index >= 15 is 0 Å². The Bertz CT molecular complexity index is 504. The molecule has 0 saturated heterocycles. The summed E-state index contributed by atoms with van der Waals surface area (Å²) in [6.07, 6.45) is 0.500. The molecule has 116 valence electrons. The Labute approximate surface area is 130 Å². The second-order valence-electron chi connectivity index (χ2n) is 4.80. The number of carbonyl (C=O) groups excluding carboxylic acids is 1. The van der Waals surface area contributed by atoms with Gasteiger partial charge in [0.05, 0.1) is 5.02 Å². The van der Waals surface area contributed by atoms with Crippen LogP contribution < -0.4 is 14.8 Å². The SMILES string of the molecule is CCN(CC)C(=O)CCNCc1cc(Cl)c2c(c1)OCO2. The van der Waals surface area contributed by atoms with E-state index in [2.05, 4.69) is 5.32 Å². The number of rotatable bonds is 7. The summed E-state index contributed by atoms with van der Waals surface area (Å²) >= 11 is 6.12. The van der Waals surface area contributed by atoms with Gasteiger partial charge in [-0.2, -0.15) is 0 Å². The van der Waals surface area contributed by atoms with E-state index < -0.39 is 0 Å². The van der Waals surface area contributed by atoms with Gasteiger partial charge in [0.15, 0.2) is 11.5 Å². The van der Waals surface area contributed by atoms with Crippen LogP contribution in [0.1, 0.15) is 25.8 Å². The molecule has 6 heteroatoms. The van der Waals surface area contributed by atoms with Gasteiger partial charge >= 0.3 is 0 Å². The number of carbonyl (C=O) groups is 1. The Balaban J connectivity index is 1.79. The maximum atomic E-state index is 11.9. The van der Waals surface area contributed by atoms with Gasteiger partial charge in [-0.05, 0) is 31.5 Å². The van der Waals surface area contributed by atoms with Crippen LogP contribution in [0.2, 0.25) is 5.02 Å². The van der Waals surface area contributed by atoms with Crippen molar-refractivity contribution in [1.82, 2.24) is 10.2 Å². The first kappa shape index (κ1) is 15.9. The molecule has 0 unspecified atom stereocenters. The number of hydrogen-bond donors (Lipinski definition) is 1. The first-order valence-electron chi connectivity index (χ1n) is 7.22. The van der Waals surface area contributed by atoms with Crippen LogP contribution in [0.15, 0.2) is 12.1 Å². The number of hydrogen-bond acceptors (Lipinski definition) is 4. The molecular weight excluding hydrogens is 292 g/mol. The Hall–Kier alpha value is -1.46. The minimum Gasteiger partial charge on any atom is -0.454 e. The topological polar surface area (TPSA) is 50.8 Å². The Morgan fingerprint density at radius 1 is 1.33 bits per heavy atom. The van der Waals surface area contributed by atoms with Gasteiger partial charge in [0.2, 0.25) is 12.7 Å². The third-order valence-corrected chi connectivity index (χ3v) is 3.73. The number of amides is 1. The molecule has 0 aliphatic carbocycles. The van der Waals surface area contributed by atoms with Gasteiger partial charge in [-0.15, -0.1) is 0 Å². The molecule has 21 heavy (non-hydrogen) atoms. The second-order valence-corrected chi connectivity index (χ2v) is 5.21. The van der Waals surface area contributed by atoms with Crippen LogP contribution in [0, 0.1) is 0 Å². The smallest absolute Gasteiger partial charge is 0.231 e. The lowest BCUT2D eigenvalue weighted by molar-refractivity contribution is -0.130. The Morgan fingerprint density at radius 2 is 2.10 bits per heavy atom. The van der Waals surface area contributed by atoms with E-state index in [4.69, 9.17) is 21.1 Å². The van der Waals surface area contributed by atoms with Crippen molar-refractivity contribution in [3.05, 3.63) is 22.7 Å². The zero-order valence-corrected chi connectivity index (χ0v) is 13.2. The molecule has 1 N–H and O–H groups in total. The second kappa shape index (κ2) is 7.52. The number of ether oxygens (including phenoxy) is 2. The maximum absolute atomic E-state index is 11.9. The molecule has 1 aromatic carbocycles. The quantitative estimate of drug-likeness (QED) is 0.786. The fourth-order valence-corrected chi connectivity index (χ4v) is 2.57. The van der Waals surface area contributed by atoms with Gasteiger partial charge < -0.3 is 19.7 Å². The monoisotopic (exact) mass is 312 g/mol. The van der Waals surface area contributed by atoms with Crippen molar-refractivity contribution >= 4 is 17.5 Å². The predicted octanol–water partition coefficient (Wildman–Crippen LogP) is 2.42. The van der Waals surface area contributed by atoms with Crippen molar-refractivity contribution in [2.45, 2.75) is 26.8 Å². The minimum atomic E-state index is 0.177. The van der Waals surface area contributed by atoms with Crippen molar-refractivity contribution in [1.29, 1.82) is 0 Å². The summed E-state index contributed by atoms with van der Waals surface area (Å²) in [4.78, 5) is 13.7. The van der Waals surface area contributed by atoms with Gasteiger partial charge in [0.1, 0.15) is 0 Å². The molecule has 5 nitrogen and oxygen atoms in total. The number of fused-ring (bicyclic) bond motifs is 1. The molecule has 0 aromatic heterocycles. The minimum absolute atomic E-state index is 0.177. The lowest BCUT2D eigenvalue weighted by Crippen LogP contribution is -2.32. The largest absolute Gasteiger partial charge is 0.454 e. The summed E-state index contributed by atoms with van der Waals surface area (Å²) < 4.78 is 10.6. The molecular formula is C15H21ClN2O3. The van der Waals surface area contributed by atoms with Crippen LogP contribution in [0.25, 0.3) is 0 Å². The molecule has 2 rings (SSSR count). The molecule has 0 bridgehead atoms. The number of halogens is 1. The van der Waals surface area contributed by atoms with E-state index in [1.54, 1.807) is 0 Å². The highest BCUT2D eigenvalue weighted by atomic mass is 35.5. The van der Waals surface area contributed by atoms with E-state index in [1.165, 1.54) is 0 Å². The van der Waals surface area contributed by atoms with Crippen LogP contribution in [0.5, 0.6) is 11.5 Å². The molecule has 1 aromatic rings. The van der Waals surface area contributed by atoms with Crippen molar-refractivity contribution in [2.24, 2.45) is 0 Å². The molecule has 1 heterocycles. The van der Waals surface area contributed by atoms with E-state index in [1.807, 2.05) is 30.9 Å². The summed E-state index contributed by atoms with van der Waals surface area (Å²) in [5.74, 6) is 1.46. The molecule has 0 fully saturated rings. The summed E-state index contributed by atoms with van der Waals surface area (Å²) in [5, 5.41) is 3.81. The van der Waals surface area contributed by atoms with Crippen molar-refractivity contribution in [3.8, 4) is 11.5 Å². The summed E-state index contributed by atoms with van der Waals surface area (Å²) in [6, 6.07) is 3.77. The highest BCUT2D eigenvalue weighted by Crippen LogP contribution is 2.39. The first-order valence-corrected chi connectivity index (χ1v) is 7.60. The van der Waals surface area contributed by atoms with Gasteiger partial charge in [0.25, 0.3) is 0 Å². The van der Waals surface area contributed by atoms with Gasteiger partial charge in [-0.3, -0.25) is 4.79 Å². The van der Waals surface area contributed by atoms with E-state index in [0.29, 0.717) is 36.0 Å². The predicted molar refractivity (Wildman–Crippen MR) is 81.8 cm³/mol. The zero-order valence-electron chi connectivity index (χ0n) is 12.4. The van der Waals surface area contributed by atoms with Crippen LogP contribution in [-0.4, -0.2) is 37.2 Å². The summed E-state index contributed by atoms with van der Waals surface area (Å²) in [5.41, 5.74) is 1.01. The first-order chi connectivity index (χ1) is 10.2. The van der Waals surface area contributed by atoms with E-state index in [9.17, 15) is 4.79 Å². The van der Waals surface area contributed by atoms with Gasteiger partial charge in [-0.1, -0.05) is 11.6 Å². The molecule has 1 aliphatic heterocycles. The van der Waals surface area contributed by atoms with Crippen molar-refractivity contribution in [2.75, 3.05) is 26.4 Å². The number of nitrogens with zero attached hydrogens (tertiary/aromatic N) is 1. The van der Waals surface area contributed by atoms with Gasteiger partial charge in [0, 0.05) is 32.6 Å². The van der Waals surface area contributed by atoms with E-state index in [-0.39, 0.29) is 12.7 Å². The van der Waals surface area contributed by atoms with Crippen molar-refractivity contribution < 1.29 is 14.3 Å². The Kier molecular flexibility index (Phi) is 5.70. The molecule has 1 amide bonds. The average molecular weight is 313 g/mol. The summed E-state index contributed by atoms with van der Waals surface area (Å²) in [6.45, 7) is 6.99. The molecule has 0 spiro atoms. The third kappa shape index (κ3) is 4.02. The van der Waals surface area contributed by atoms with Crippen LogP contribution in [0.3, 0.4) is 0 Å². The Morgan fingerprint density at radius 3 is 2.81 bits per heavy atom. The van der Waals surface area contributed by atoms with E-state index in [0.717, 1.165) is 18.7 Å². The fourth-order valence-electron chi connectivity index (χ4n) is 2.29. The average Bonchev–Trinajstić information content (AvgIpc) is 2.94.